The van der Waals surface area contributed by atoms with Gasteiger partial charge in [0, 0.05) is 30.8 Å². The van der Waals surface area contributed by atoms with Crippen molar-refractivity contribution in [3.05, 3.63) is 35.2 Å². The van der Waals surface area contributed by atoms with Crippen LogP contribution in [0.1, 0.15) is 11.3 Å². The summed E-state index contributed by atoms with van der Waals surface area (Å²) >= 11 is 1.66. The third-order valence-corrected chi connectivity index (χ3v) is 4.16. The van der Waals surface area contributed by atoms with Crippen LogP contribution < -0.4 is 4.90 Å². The molecule has 6 heteroatoms. The molecule has 4 heterocycles. The predicted molar refractivity (Wildman–Crippen MR) is 70.8 cm³/mol. The highest BCUT2D eigenvalue weighted by Gasteiger charge is 2.20. The van der Waals surface area contributed by atoms with Gasteiger partial charge in [-0.1, -0.05) is 0 Å². The number of aromatic amines is 1. The molecular weight excluding hydrogens is 246 g/mol. The van der Waals surface area contributed by atoms with Crippen molar-refractivity contribution >= 4 is 27.4 Å². The fourth-order valence-corrected chi connectivity index (χ4v) is 3.16. The lowest BCUT2D eigenvalue weighted by molar-refractivity contribution is 0.713. The van der Waals surface area contributed by atoms with Gasteiger partial charge in [0.1, 0.15) is 17.0 Å². The Labute approximate surface area is 107 Å². The summed E-state index contributed by atoms with van der Waals surface area (Å²) in [6.07, 6.45) is 4.55. The van der Waals surface area contributed by atoms with Crippen LogP contribution in [0.2, 0.25) is 0 Å². The van der Waals surface area contributed by atoms with Gasteiger partial charge in [-0.25, -0.2) is 9.97 Å². The topological polar surface area (TPSA) is 57.7 Å². The molecule has 0 aliphatic carbocycles. The van der Waals surface area contributed by atoms with E-state index in [1.807, 2.05) is 6.20 Å². The number of H-pyrrole nitrogens is 1. The number of anilines is 1. The van der Waals surface area contributed by atoms with E-state index in [-0.39, 0.29) is 0 Å². The molecule has 4 rings (SSSR count). The number of hydrogen-bond acceptors (Lipinski definition) is 5. The van der Waals surface area contributed by atoms with Gasteiger partial charge in [-0.05, 0) is 11.4 Å². The fraction of sp³-hybridized carbons (Fsp3) is 0.250. The van der Waals surface area contributed by atoms with Crippen molar-refractivity contribution in [2.24, 2.45) is 0 Å². The summed E-state index contributed by atoms with van der Waals surface area (Å²) in [4.78, 5) is 12.1. The second-order valence-electron chi connectivity index (χ2n) is 4.38. The highest BCUT2D eigenvalue weighted by molar-refractivity contribution is 7.16. The van der Waals surface area contributed by atoms with Crippen LogP contribution in [0.3, 0.4) is 0 Å². The lowest BCUT2D eigenvalue weighted by Crippen LogP contribution is -2.30. The van der Waals surface area contributed by atoms with E-state index in [0.717, 1.165) is 35.5 Å². The third-order valence-electron chi connectivity index (χ3n) is 3.34. The molecule has 3 aromatic heterocycles. The molecule has 0 fully saturated rings. The van der Waals surface area contributed by atoms with Crippen LogP contribution in [0.25, 0.3) is 10.2 Å². The summed E-state index contributed by atoms with van der Waals surface area (Å²) in [7, 11) is 0. The first-order valence-electron chi connectivity index (χ1n) is 5.86. The van der Waals surface area contributed by atoms with E-state index >= 15 is 0 Å². The Kier molecular flexibility index (Phi) is 2.10. The summed E-state index contributed by atoms with van der Waals surface area (Å²) in [5.74, 6) is 1.04. The number of aromatic nitrogens is 4. The Bertz CT molecular complexity index is 701. The molecule has 1 aliphatic rings. The Morgan fingerprint density at radius 3 is 3.33 bits per heavy atom. The number of nitrogens with zero attached hydrogens (tertiary/aromatic N) is 4. The fourth-order valence-electron chi connectivity index (χ4n) is 2.43. The second kappa shape index (κ2) is 3.78. The minimum Gasteiger partial charge on any atom is -0.351 e. The summed E-state index contributed by atoms with van der Waals surface area (Å²) in [6, 6.07) is 2.10. The first-order chi connectivity index (χ1) is 8.92. The zero-order valence-corrected chi connectivity index (χ0v) is 10.4. The molecular formula is C12H11N5S. The van der Waals surface area contributed by atoms with Gasteiger partial charge in [-0.3, -0.25) is 5.10 Å². The smallest absolute Gasteiger partial charge is 0.141 e. The molecule has 1 aliphatic heterocycles. The van der Waals surface area contributed by atoms with Crippen LogP contribution >= 0.6 is 11.3 Å². The number of hydrogen-bond donors (Lipinski definition) is 1. The lowest BCUT2D eigenvalue weighted by Gasteiger charge is -2.27. The molecule has 0 spiro atoms. The molecule has 0 atom stereocenters. The quantitative estimate of drug-likeness (QED) is 0.724. The summed E-state index contributed by atoms with van der Waals surface area (Å²) in [5, 5.41) is 10.4. The normalized spacial score (nSPS) is 15.0. The van der Waals surface area contributed by atoms with Gasteiger partial charge in [0.15, 0.2) is 0 Å². The molecule has 90 valence electrons. The Balaban J connectivity index is 1.78. The average Bonchev–Trinajstić information content (AvgIpc) is 3.05. The predicted octanol–water partition coefficient (Wildman–Crippen LogP) is 1.98. The minimum absolute atomic E-state index is 0.869. The van der Waals surface area contributed by atoms with E-state index in [1.54, 1.807) is 17.7 Å². The summed E-state index contributed by atoms with van der Waals surface area (Å²) < 4.78 is 0. The zero-order valence-electron chi connectivity index (χ0n) is 9.63. The van der Waals surface area contributed by atoms with E-state index in [9.17, 15) is 0 Å². The first kappa shape index (κ1) is 10.0. The van der Waals surface area contributed by atoms with Crippen molar-refractivity contribution < 1.29 is 0 Å². The van der Waals surface area contributed by atoms with Crippen molar-refractivity contribution in [3.8, 4) is 0 Å². The zero-order chi connectivity index (χ0) is 11.9. The van der Waals surface area contributed by atoms with Crippen LogP contribution in [-0.2, 0) is 13.0 Å². The van der Waals surface area contributed by atoms with Gasteiger partial charge in [0.05, 0.1) is 11.6 Å². The lowest BCUT2D eigenvalue weighted by atomic mass is 10.1. The summed E-state index contributed by atoms with van der Waals surface area (Å²) in [5.41, 5.74) is 2.52. The van der Waals surface area contributed by atoms with Crippen LogP contribution in [-0.4, -0.2) is 26.7 Å². The number of rotatable bonds is 1. The minimum atomic E-state index is 0.869. The largest absolute Gasteiger partial charge is 0.351 e. The highest BCUT2D eigenvalue weighted by atomic mass is 32.1. The molecule has 0 amide bonds. The molecule has 3 aromatic rings. The molecule has 5 nitrogen and oxygen atoms in total. The van der Waals surface area contributed by atoms with Crippen molar-refractivity contribution in [1.82, 2.24) is 20.2 Å². The highest BCUT2D eigenvalue weighted by Crippen LogP contribution is 2.29. The van der Waals surface area contributed by atoms with E-state index < -0.39 is 0 Å². The van der Waals surface area contributed by atoms with Crippen molar-refractivity contribution in [3.63, 3.8) is 0 Å². The van der Waals surface area contributed by atoms with Crippen molar-refractivity contribution in [2.75, 3.05) is 11.4 Å². The second-order valence-corrected chi connectivity index (χ2v) is 5.28. The standard InChI is InChI=1S/C12H11N5S/c1-3-17(6-8-5-15-16-10(1)8)11-9-2-4-18-12(9)14-7-13-11/h2,4-5,7H,1,3,6H2,(H,15,16). The molecule has 0 saturated heterocycles. The van der Waals surface area contributed by atoms with Gasteiger partial charge < -0.3 is 4.90 Å². The molecule has 1 N–H and O–H groups in total. The van der Waals surface area contributed by atoms with Crippen LogP contribution in [0.15, 0.2) is 24.0 Å². The molecule has 0 aromatic carbocycles. The number of fused-ring (bicyclic) bond motifs is 2. The van der Waals surface area contributed by atoms with Crippen LogP contribution in [0, 0.1) is 0 Å². The first-order valence-corrected chi connectivity index (χ1v) is 6.74. The maximum absolute atomic E-state index is 4.45. The van der Waals surface area contributed by atoms with Gasteiger partial charge in [-0.2, -0.15) is 5.10 Å². The maximum atomic E-state index is 4.45. The van der Waals surface area contributed by atoms with Crippen molar-refractivity contribution in [1.29, 1.82) is 0 Å². The maximum Gasteiger partial charge on any atom is 0.141 e. The molecule has 0 radical (unpaired) electrons. The summed E-state index contributed by atoms with van der Waals surface area (Å²) in [6.45, 7) is 1.84. The van der Waals surface area contributed by atoms with E-state index in [1.165, 1.54) is 11.3 Å². The Morgan fingerprint density at radius 1 is 1.33 bits per heavy atom. The monoisotopic (exact) mass is 257 g/mol. The third kappa shape index (κ3) is 1.42. The number of nitrogens with one attached hydrogen (secondary N) is 1. The molecule has 0 unspecified atom stereocenters. The van der Waals surface area contributed by atoms with E-state index in [4.69, 9.17) is 0 Å². The van der Waals surface area contributed by atoms with Gasteiger partial charge >= 0.3 is 0 Å². The van der Waals surface area contributed by atoms with E-state index in [2.05, 4.69) is 36.5 Å². The Morgan fingerprint density at radius 2 is 2.33 bits per heavy atom. The van der Waals surface area contributed by atoms with Crippen LogP contribution in [0.5, 0.6) is 0 Å². The Hall–Kier alpha value is -1.95. The van der Waals surface area contributed by atoms with Gasteiger partial charge in [0.2, 0.25) is 0 Å². The molecule has 18 heavy (non-hydrogen) atoms. The van der Waals surface area contributed by atoms with Gasteiger partial charge in [-0.15, -0.1) is 11.3 Å². The van der Waals surface area contributed by atoms with Crippen molar-refractivity contribution in [2.45, 2.75) is 13.0 Å². The molecule has 0 bridgehead atoms. The number of thiophene rings is 1. The van der Waals surface area contributed by atoms with E-state index in [0.29, 0.717) is 0 Å². The molecule has 0 saturated carbocycles. The van der Waals surface area contributed by atoms with Gasteiger partial charge in [0.25, 0.3) is 0 Å². The van der Waals surface area contributed by atoms with Crippen LogP contribution in [0.4, 0.5) is 5.82 Å². The average molecular weight is 257 g/mol. The SMILES string of the molecule is c1nc(N2CCc3[nH]ncc3C2)c2ccsc2n1.